The molecule has 5 nitrogen and oxygen atoms in total. The zero-order valence-corrected chi connectivity index (χ0v) is 17.0. The fourth-order valence-electron chi connectivity index (χ4n) is 2.73. The Morgan fingerprint density at radius 2 is 1.85 bits per heavy atom. The second-order valence-electron chi connectivity index (χ2n) is 5.94. The SMILES string of the molecule is COC(=O)C(NC(=O)c1cc2cc(Cl)ccc2nc1C)c1ccc(Br)cc1. The number of carbonyl (C=O) groups excluding carboxylic acids is 2. The summed E-state index contributed by atoms with van der Waals surface area (Å²) in [5, 5.41) is 4.04. The van der Waals surface area contributed by atoms with Crippen LogP contribution in [-0.2, 0) is 9.53 Å². The Morgan fingerprint density at radius 3 is 2.52 bits per heavy atom. The van der Waals surface area contributed by atoms with Crippen molar-refractivity contribution in [2.24, 2.45) is 0 Å². The molecule has 1 atom stereocenters. The number of pyridine rings is 1. The first kappa shape index (κ1) is 19.3. The minimum Gasteiger partial charge on any atom is -0.467 e. The molecular weight excluding hydrogens is 432 g/mol. The predicted octanol–water partition coefficient (Wildman–Crippen LogP) is 4.60. The van der Waals surface area contributed by atoms with E-state index in [1.54, 1.807) is 55.5 Å². The zero-order valence-electron chi connectivity index (χ0n) is 14.6. The van der Waals surface area contributed by atoms with Crippen molar-refractivity contribution in [2.75, 3.05) is 7.11 Å². The first-order chi connectivity index (χ1) is 12.9. The lowest BCUT2D eigenvalue weighted by Crippen LogP contribution is -2.35. The number of nitrogens with zero attached hydrogens (tertiary/aromatic N) is 1. The van der Waals surface area contributed by atoms with Gasteiger partial charge in [0.2, 0.25) is 0 Å². The summed E-state index contributed by atoms with van der Waals surface area (Å²) in [6.07, 6.45) is 0. The van der Waals surface area contributed by atoms with Gasteiger partial charge in [-0.1, -0.05) is 39.7 Å². The third-order valence-corrected chi connectivity index (χ3v) is 4.89. The van der Waals surface area contributed by atoms with E-state index in [1.165, 1.54) is 7.11 Å². The summed E-state index contributed by atoms with van der Waals surface area (Å²) in [6, 6.07) is 13.2. The quantitative estimate of drug-likeness (QED) is 0.593. The molecule has 0 aliphatic heterocycles. The largest absolute Gasteiger partial charge is 0.467 e. The molecule has 138 valence electrons. The molecule has 1 amide bonds. The van der Waals surface area contributed by atoms with Crippen molar-refractivity contribution in [3.05, 3.63) is 74.8 Å². The van der Waals surface area contributed by atoms with Gasteiger partial charge in [0.05, 0.1) is 23.9 Å². The number of esters is 1. The number of benzene rings is 2. The minimum absolute atomic E-state index is 0.371. The van der Waals surface area contributed by atoms with Crippen molar-refractivity contribution in [1.29, 1.82) is 0 Å². The van der Waals surface area contributed by atoms with E-state index in [0.717, 1.165) is 15.4 Å². The van der Waals surface area contributed by atoms with Crippen molar-refractivity contribution in [3.63, 3.8) is 0 Å². The Balaban J connectivity index is 1.95. The highest BCUT2D eigenvalue weighted by Gasteiger charge is 2.25. The monoisotopic (exact) mass is 446 g/mol. The smallest absolute Gasteiger partial charge is 0.333 e. The molecule has 0 bridgehead atoms. The van der Waals surface area contributed by atoms with Gasteiger partial charge in [-0.2, -0.15) is 0 Å². The summed E-state index contributed by atoms with van der Waals surface area (Å²) < 4.78 is 5.72. The normalized spacial score (nSPS) is 11.9. The maximum atomic E-state index is 12.9. The fourth-order valence-corrected chi connectivity index (χ4v) is 3.18. The van der Waals surface area contributed by atoms with Crippen LogP contribution in [0.25, 0.3) is 10.9 Å². The number of methoxy groups -OCH3 is 1. The van der Waals surface area contributed by atoms with Gasteiger partial charge in [-0.25, -0.2) is 4.79 Å². The first-order valence-electron chi connectivity index (χ1n) is 8.10. The molecule has 1 N–H and O–H groups in total. The molecule has 1 unspecified atom stereocenters. The molecule has 3 aromatic rings. The lowest BCUT2D eigenvalue weighted by Gasteiger charge is -2.18. The minimum atomic E-state index is -0.926. The summed E-state index contributed by atoms with van der Waals surface area (Å²) in [5.74, 6) is -0.972. The van der Waals surface area contributed by atoms with Crippen LogP contribution >= 0.6 is 27.5 Å². The Labute approximate surface area is 169 Å². The maximum absolute atomic E-state index is 12.9. The van der Waals surface area contributed by atoms with E-state index in [0.29, 0.717) is 21.8 Å². The van der Waals surface area contributed by atoms with E-state index < -0.39 is 17.9 Å². The molecule has 1 heterocycles. The van der Waals surface area contributed by atoms with Crippen LogP contribution in [0, 0.1) is 6.92 Å². The van der Waals surface area contributed by atoms with Crippen LogP contribution < -0.4 is 5.32 Å². The number of amides is 1. The number of hydrogen-bond donors (Lipinski definition) is 1. The number of halogens is 2. The van der Waals surface area contributed by atoms with Gasteiger partial charge in [0, 0.05) is 14.9 Å². The summed E-state index contributed by atoms with van der Waals surface area (Å²) in [7, 11) is 1.28. The lowest BCUT2D eigenvalue weighted by molar-refractivity contribution is -0.143. The average molecular weight is 448 g/mol. The molecule has 0 aliphatic carbocycles. The van der Waals surface area contributed by atoms with Gasteiger partial charge in [-0.05, 0) is 48.9 Å². The number of ether oxygens (including phenoxy) is 1. The topological polar surface area (TPSA) is 68.3 Å². The molecule has 27 heavy (non-hydrogen) atoms. The highest BCUT2D eigenvalue weighted by atomic mass is 79.9. The Morgan fingerprint density at radius 1 is 1.15 bits per heavy atom. The number of aryl methyl sites for hydroxylation is 1. The van der Waals surface area contributed by atoms with Crippen molar-refractivity contribution in [3.8, 4) is 0 Å². The second kappa shape index (κ2) is 8.06. The number of nitrogens with one attached hydrogen (secondary N) is 1. The van der Waals surface area contributed by atoms with E-state index in [2.05, 4.69) is 26.2 Å². The summed E-state index contributed by atoms with van der Waals surface area (Å²) >= 11 is 9.39. The van der Waals surface area contributed by atoms with E-state index in [1.807, 2.05) is 0 Å². The molecule has 7 heteroatoms. The number of aromatic nitrogens is 1. The van der Waals surface area contributed by atoms with Crippen LogP contribution in [0.15, 0.2) is 53.0 Å². The molecule has 0 spiro atoms. The third kappa shape index (κ3) is 4.28. The Bertz CT molecular complexity index is 1020. The standard InChI is InChI=1S/C20H16BrClN2O3/c1-11-16(10-13-9-15(22)7-8-17(13)23-11)19(25)24-18(20(26)27-2)12-3-5-14(21)6-4-12/h3-10,18H,1-2H3,(H,24,25). The van der Waals surface area contributed by atoms with Crippen LogP contribution in [-0.4, -0.2) is 24.0 Å². The molecule has 1 aromatic heterocycles. The molecule has 0 saturated carbocycles. The van der Waals surface area contributed by atoms with Crippen molar-refractivity contribution in [2.45, 2.75) is 13.0 Å². The maximum Gasteiger partial charge on any atom is 0.333 e. The highest BCUT2D eigenvalue weighted by Crippen LogP contribution is 2.22. The number of fused-ring (bicyclic) bond motifs is 1. The van der Waals surface area contributed by atoms with Gasteiger partial charge in [-0.3, -0.25) is 9.78 Å². The van der Waals surface area contributed by atoms with Gasteiger partial charge in [-0.15, -0.1) is 0 Å². The molecular formula is C20H16BrClN2O3. The van der Waals surface area contributed by atoms with E-state index >= 15 is 0 Å². The molecule has 2 aromatic carbocycles. The van der Waals surface area contributed by atoms with E-state index in [-0.39, 0.29) is 0 Å². The average Bonchev–Trinajstić information content (AvgIpc) is 2.66. The highest BCUT2D eigenvalue weighted by molar-refractivity contribution is 9.10. The Hall–Kier alpha value is -2.44. The van der Waals surface area contributed by atoms with E-state index in [9.17, 15) is 9.59 Å². The lowest BCUT2D eigenvalue weighted by atomic mass is 10.1. The van der Waals surface area contributed by atoms with Gasteiger partial charge < -0.3 is 10.1 Å². The number of hydrogen-bond acceptors (Lipinski definition) is 4. The van der Waals surface area contributed by atoms with Gasteiger partial charge in [0.25, 0.3) is 5.91 Å². The van der Waals surface area contributed by atoms with Gasteiger partial charge in [0.1, 0.15) is 0 Å². The van der Waals surface area contributed by atoms with Crippen LogP contribution in [0.4, 0.5) is 0 Å². The summed E-state index contributed by atoms with van der Waals surface area (Å²) in [5.41, 5.74) is 2.29. The van der Waals surface area contributed by atoms with Gasteiger partial charge >= 0.3 is 5.97 Å². The van der Waals surface area contributed by atoms with Crippen LogP contribution in [0.5, 0.6) is 0 Å². The van der Waals surface area contributed by atoms with Crippen LogP contribution in [0.2, 0.25) is 5.02 Å². The van der Waals surface area contributed by atoms with Gasteiger partial charge in [0.15, 0.2) is 6.04 Å². The number of carbonyl (C=O) groups is 2. The molecule has 0 radical (unpaired) electrons. The third-order valence-electron chi connectivity index (χ3n) is 4.13. The second-order valence-corrected chi connectivity index (χ2v) is 7.29. The van der Waals surface area contributed by atoms with Crippen molar-refractivity contribution in [1.82, 2.24) is 10.3 Å². The number of rotatable bonds is 4. The van der Waals surface area contributed by atoms with Crippen LogP contribution in [0.1, 0.15) is 27.7 Å². The van der Waals surface area contributed by atoms with Crippen molar-refractivity contribution < 1.29 is 14.3 Å². The first-order valence-corrected chi connectivity index (χ1v) is 9.27. The zero-order chi connectivity index (χ0) is 19.6. The predicted molar refractivity (Wildman–Crippen MR) is 108 cm³/mol. The Kier molecular flexibility index (Phi) is 5.77. The summed E-state index contributed by atoms with van der Waals surface area (Å²) in [6.45, 7) is 1.75. The molecule has 0 saturated heterocycles. The van der Waals surface area contributed by atoms with Crippen molar-refractivity contribution >= 4 is 50.3 Å². The molecule has 0 aliphatic rings. The summed E-state index contributed by atoms with van der Waals surface area (Å²) in [4.78, 5) is 29.5. The molecule has 0 fully saturated rings. The van der Waals surface area contributed by atoms with Crippen LogP contribution in [0.3, 0.4) is 0 Å². The molecule has 3 rings (SSSR count). The fraction of sp³-hybridized carbons (Fsp3) is 0.150. The van der Waals surface area contributed by atoms with E-state index in [4.69, 9.17) is 16.3 Å².